The van der Waals surface area contributed by atoms with Gasteiger partial charge in [0.05, 0.1) is 0 Å². The highest BCUT2D eigenvalue weighted by Gasteiger charge is 2.76. The smallest absolute Gasteiger partial charge is 0.384 e. The van der Waals surface area contributed by atoms with Gasteiger partial charge in [0.15, 0.2) is 0 Å². The Morgan fingerprint density at radius 3 is 1.45 bits per heavy atom. The van der Waals surface area contributed by atoms with E-state index in [1.807, 2.05) is 0 Å². The maximum absolute atomic E-state index is 12.9. The molecule has 0 rings (SSSR count). The minimum Gasteiger partial charge on any atom is -0.384 e. The summed E-state index contributed by atoms with van der Waals surface area (Å²) >= 11 is 0. The van der Waals surface area contributed by atoms with Crippen LogP contribution in [0.25, 0.3) is 0 Å². The van der Waals surface area contributed by atoms with Gasteiger partial charge in [0.1, 0.15) is 5.60 Å². The van der Waals surface area contributed by atoms with Crippen LogP contribution in [0.3, 0.4) is 0 Å². The Labute approximate surface area is 105 Å². The Morgan fingerprint density at radius 1 is 0.850 bits per heavy atom. The fourth-order valence-corrected chi connectivity index (χ4v) is 0.721. The quantitative estimate of drug-likeness (QED) is 0.784. The van der Waals surface area contributed by atoms with E-state index in [0.717, 1.165) is 0 Å². The van der Waals surface area contributed by atoms with Crippen LogP contribution in [0.2, 0.25) is 0 Å². The van der Waals surface area contributed by atoms with Crippen LogP contribution in [-0.2, 0) is 4.74 Å². The number of hydrogen-bond acceptors (Lipinski definition) is 2. The molecule has 0 spiro atoms. The number of ether oxygens (including phenoxy) is 1. The van der Waals surface area contributed by atoms with Crippen molar-refractivity contribution in [3.63, 3.8) is 0 Å². The summed E-state index contributed by atoms with van der Waals surface area (Å²) in [6.07, 6.45) is -18.1. The van der Waals surface area contributed by atoms with E-state index in [-0.39, 0.29) is 13.8 Å². The average Bonchev–Trinajstić information content (AvgIpc) is 2.12. The maximum atomic E-state index is 12.9. The van der Waals surface area contributed by atoms with E-state index in [1.54, 1.807) is 0 Å². The third-order valence-corrected chi connectivity index (χ3v) is 2.07. The van der Waals surface area contributed by atoms with Crippen LogP contribution in [-0.4, -0.2) is 41.2 Å². The van der Waals surface area contributed by atoms with E-state index >= 15 is 0 Å². The highest BCUT2D eigenvalue weighted by molar-refractivity contribution is 4.91. The zero-order chi connectivity index (χ0) is 16.8. The minimum atomic E-state index is -6.90. The molecule has 0 aliphatic rings. The third kappa shape index (κ3) is 3.27. The highest BCUT2D eigenvalue weighted by Crippen LogP contribution is 2.49. The zero-order valence-corrected chi connectivity index (χ0v) is 9.71. The first-order chi connectivity index (χ1) is 8.38. The lowest BCUT2D eigenvalue weighted by molar-refractivity contribution is -0.454. The van der Waals surface area contributed by atoms with Gasteiger partial charge in [-0.25, -0.2) is 4.39 Å². The van der Waals surface area contributed by atoms with E-state index < -0.39 is 36.1 Å². The van der Waals surface area contributed by atoms with Gasteiger partial charge >= 0.3 is 24.1 Å². The number of hydrogen-bond donors (Lipinski definition) is 1. The number of aliphatic hydroxyl groups is 1. The summed E-state index contributed by atoms with van der Waals surface area (Å²) in [5.41, 5.74) is -3.35. The molecule has 1 atom stereocenters. The molecule has 1 N–H and O–H groups in total. The molecule has 0 saturated carbocycles. The molecule has 0 radical (unpaired) electrons. The van der Waals surface area contributed by atoms with Crippen LogP contribution in [0.4, 0.5) is 43.9 Å². The summed E-state index contributed by atoms with van der Waals surface area (Å²) < 4.78 is 125. The molecule has 122 valence electrons. The Kier molecular flexibility index (Phi) is 4.70. The van der Waals surface area contributed by atoms with Gasteiger partial charge in [-0.3, -0.25) is 4.74 Å². The molecule has 0 bridgehead atoms. The number of halogens is 10. The summed E-state index contributed by atoms with van der Waals surface area (Å²) in [5, 5.41) is 8.75. The van der Waals surface area contributed by atoms with Gasteiger partial charge in [-0.05, 0) is 13.8 Å². The summed E-state index contributed by atoms with van der Waals surface area (Å²) in [7, 11) is 0. The lowest BCUT2D eigenvalue weighted by Crippen LogP contribution is -2.58. The second-order valence-electron chi connectivity index (χ2n) is 4.20. The molecule has 1 unspecified atom stereocenters. The molecular weight excluding hydrogens is 318 g/mol. The van der Waals surface area contributed by atoms with E-state index in [9.17, 15) is 43.9 Å². The Hall–Kier alpha value is -0.780. The van der Waals surface area contributed by atoms with Crippen LogP contribution < -0.4 is 0 Å². The molecular formula is C8H8F10O2. The molecule has 0 aromatic rings. The van der Waals surface area contributed by atoms with Crippen molar-refractivity contribution in [1.29, 1.82) is 0 Å². The number of alkyl halides is 10. The lowest BCUT2D eigenvalue weighted by Gasteiger charge is -2.34. The summed E-state index contributed by atoms with van der Waals surface area (Å²) in [6, 6.07) is 0. The molecule has 0 aromatic heterocycles. The molecule has 20 heavy (non-hydrogen) atoms. The fraction of sp³-hybridized carbons (Fsp3) is 1.00. The zero-order valence-electron chi connectivity index (χ0n) is 9.71. The predicted octanol–water partition coefficient (Wildman–Crippen LogP) is 3.50. The van der Waals surface area contributed by atoms with Gasteiger partial charge in [-0.2, -0.15) is 39.5 Å². The molecule has 0 heterocycles. The Morgan fingerprint density at radius 2 is 1.20 bits per heavy atom. The molecule has 0 fully saturated rings. The van der Waals surface area contributed by atoms with Crippen molar-refractivity contribution >= 4 is 0 Å². The van der Waals surface area contributed by atoms with E-state index in [4.69, 9.17) is 5.11 Å². The van der Waals surface area contributed by atoms with Crippen LogP contribution in [0, 0.1) is 0 Å². The van der Waals surface area contributed by atoms with E-state index in [2.05, 4.69) is 4.74 Å². The number of rotatable bonds is 5. The normalized spacial score (nSPS) is 17.2. The van der Waals surface area contributed by atoms with Gasteiger partial charge in [-0.15, -0.1) is 0 Å². The average molecular weight is 326 g/mol. The molecule has 0 aliphatic carbocycles. The summed E-state index contributed by atoms with van der Waals surface area (Å²) in [4.78, 5) is 0. The van der Waals surface area contributed by atoms with Crippen molar-refractivity contribution < 1.29 is 53.7 Å². The molecule has 2 nitrogen and oxygen atoms in total. The minimum absolute atomic E-state index is 0.211. The standard InChI is InChI=1S/C8H8F10O2/c1-4(2,19)5(10,11)3(9)20-8(17,18)6(12,13)7(14,15)16/h3,19H,1-2H3. The Bertz CT molecular complexity index is 342. The highest BCUT2D eigenvalue weighted by atomic mass is 19.4. The van der Waals surface area contributed by atoms with Crippen molar-refractivity contribution in [3.8, 4) is 0 Å². The topological polar surface area (TPSA) is 29.5 Å². The molecule has 0 amide bonds. The van der Waals surface area contributed by atoms with E-state index in [0.29, 0.717) is 0 Å². The first kappa shape index (κ1) is 19.2. The van der Waals surface area contributed by atoms with Crippen molar-refractivity contribution in [3.05, 3.63) is 0 Å². The summed E-state index contributed by atoms with van der Waals surface area (Å²) in [6.45, 7) is 0.423. The van der Waals surface area contributed by atoms with E-state index in [1.165, 1.54) is 0 Å². The van der Waals surface area contributed by atoms with Crippen molar-refractivity contribution in [2.24, 2.45) is 0 Å². The molecule has 0 aliphatic heterocycles. The first-order valence-electron chi connectivity index (χ1n) is 4.62. The van der Waals surface area contributed by atoms with Gasteiger partial charge in [-0.1, -0.05) is 0 Å². The van der Waals surface area contributed by atoms with Crippen molar-refractivity contribution in [2.75, 3.05) is 0 Å². The SMILES string of the molecule is CC(C)(O)C(F)(F)C(F)OC(F)(F)C(F)(F)C(F)(F)F. The maximum Gasteiger partial charge on any atom is 0.462 e. The molecule has 0 aromatic carbocycles. The second kappa shape index (κ2) is 4.90. The van der Waals surface area contributed by atoms with Crippen LogP contribution in [0.1, 0.15) is 13.8 Å². The van der Waals surface area contributed by atoms with Gasteiger partial charge in [0.2, 0.25) is 0 Å². The molecule has 12 heteroatoms. The van der Waals surface area contributed by atoms with Gasteiger partial charge < -0.3 is 5.11 Å². The summed E-state index contributed by atoms with van der Waals surface area (Å²) in [5.74, 6) is -12.1. The second-order valence-corrected chi connectivity index (χ2v) is 4.20. The predicted molar refractivity (Wildman–Crippen MR) is 43.2 cm³/mol. The Balaban J connectivity index is 5.32. The fourth-order valence-electron chi connectivity index (χ4n) is 0.721. The molecule has 0 saturated heterocycles. The van der Waals surface area contributed by atoms with Crippen LogP contribution in [0.5, 0.6) is 0 Å². The van der Waals surface area contributed by atoms with Crippen LogP contribution >= 0.6 is 0 Å². The largest absolute Gasteiger partial charge is 0.462 e. The van der Waals surface area contributed by atoms with Crippen molar-refractivity contribution in [1.82, 2.24) is 0 Å². The monoisotopic (exact) mass is 326 g/mol. The van der Waals surface area contributed by atoms with Gasteiger partial charge in [0, 0.05) is 0 Å². The van der Waals surface area contributed by atoms with Crippen LogP contribution in [0.15, 0.2) is 0 Å². The third-order valence-electron chi connectivity index (χ3n) is 2.07. The first-order valence-corrected chi connectivity index (χ1v) is 4.62. The van der Waals surface area contributed by atoms with Crippen molar-refractivity contribution in [2.45, 2.75) is 49.9 Å². The lowest BCUT2D eigenvalue weighted by atomic mass is 10.0. The van der Waals surface area contributed by atoms with Gasteiger partial charge in [0.25, 0.3) is 6.36 Å².